The Hall–Kier alpha value is -1.62. The second kappa shape index (κ2) is 3.45. The van der Waals surface area contributed by atoms with E-state index >= 15 is 0 Å². The van der Waals surface area contributed by atoms with Crippen LogP contribution in [0.5, 0.6) is 0 Å². The lowest BCUT2D eigenvalue weighted by Gasteiger charge is -2.11. The maximum atomic E-state index is 12.0. The second-order valence-electron chi connectivity index (χ2n) is 4.02. The van der Waals surface area contributed by atoms with Crippen molar-refractivity contribution in [3.63, 3.8) is 0 Å². The maximum Gasteiger partial charge on any atom is 0.276 e. The fourth-order valence-electron chi connectivity index (χ4n) is 1.80. The molecule has 0 bridgehead atoms. The van der Waals surface area contributed by atoms with E-state index in [4.69, 9.17) is 12.2 Å². The van der Waals surface area contributed by atoms with E-state index in [1.165, 1.54) is 0 Å². The number of hydrogen-bond donors (Lipinski definition) is 2. The summed E-state index contributed by atoms with van der Waals surface area (Å²) >= 11 is 5.15. The van der Waals surface area contributed by atoms with E-state index in [1.807, 2.05) is 18.3 Å². The van der Waals surface area contributed by atoms with Gasteiger partial charge in [-0.2, -0.15) is 0 Å². The molecule has 82 valence electrons. The van der Waals surface area contributed by atoms with Crippen LogP contribution in [0.3, 0.4) is 0 Å². The van der Waals surface area contributed by atoms with Gasteiger partial charge in [0.15, 0.2) is 5.11 Å². The summed E-state index contributed by atoms with van der Waals surface area (Å²) in [5.74, 6) is -0.0119. The molecule has 1 saturated carbocycles. The summed E-state index contributed by atoms with van der Waals surface area (Å²) in [6.07, 6.45) is 5.73. The van der Waals surface area contributed by atoms with Gasteiger partial charge in [0.05, 0.1) is 0 Å². The van der Waals surface area contributed by atoms with E-state index in [9.17, 15) is 4.79 Å². The zero-order chi connectivity index (χ0) is 11.1. The van der Waals surface area contributed by atoms with Gasteiger partial charge in [-0.1, -0.05) is 0 Å². The van der Waals surface area contributed by atoms with Gasteiger partial charge in [-0.15, -0.1) is 0 Å². The Morgan fingerprint density at radius 3 is 2.94 bits per heavy atom. The van der Waals surface area contributed by atoms with Crippen molar-refractivity contribution >= 4 is 29.3 Å². The number of rotatable bonds is 2. The molecule has 0 radical (unpaired) electrons. The highest BCUT2D eigenvalue weighted by Crippen LogP contribution is 2.30. The number of carbonyl (C=O) groups excluding carboxylic acids is 1. The van der Waals surface area contributed by atoms with Crippen LogP contribution in [0.2, 0.25) is 0 Å². The van der Waals surface area contributed by atoms with Gasteiger partial charge in [0.2, 0.25) is 0 Å². The molecule has 1 amide bonds. The summed E-state index contributed by atoms with van der Waals surface area (Å²) in [5, 5.41) is 3.49. The van der Waals surface area contributed by atoms with Crippen LogP contribution in [0.4, 0.5) is 0 Å². The molecule has 0 aromatic carbocycles. The van der Waals surface area contributed by atoms with Gasteiger partial charge in [-0.3, -0.25) is 9.69 Å². The van der Waals surface area contributed by atoms with Crippen molar-refractivity contribution in [3.8, 4) is 0 Å². The average Bonchev–Trinajstić information content (AvgIpc) is 2.86. The number of aromatic nitrogens is 1. The third-order valence-corrected chi connectivity index (χ3v) is 3.04. The first kappa shape index (κ1) is 9.59. The van der Waals surface area contributed by atoms with Crippen LogP contribution in [0, 0.1) is 0 Å². The fourth-order valence-corrected chi connectivity index (χ4v) is 2.14. The van der Waals surface area contributed by atoms with E-state index in [0.717, 1.165) is 18.5 Å². The number of H-pyrrole nitrogens is 1. The van der Waals surface area contributed by atoms with Gasteiger partial charge < -0.3 is 10.3 Å². The van der Waals surface area contributed by atoms with Crippen molar-refractivity contribution in [2.75, 3.05) is 0 Å². The van der Waals surface area contributed by atoms with E-state index < -0.39 is 0 Å². The molecule has 1 aromatic rings. The number of nitrogens with one attached hydrogen (secondary N) is 2. The quantitative estimate of drug-likeness (QED) is 0.597. The molecule has 0 unspecified atom stereocenters. The number of carbonyl (C=O) groups is 1. The predicted molar refractivity (Wildman–Crippen MR) is 64.4 cm³/mol. The Morgan fingerprint density at radius 2 is 2.31 bits per heavy atom. The molecule has 2 N–H and O–H groups in total. The van der Waals surface area contributed by atoms with Gasteiger partial charge in [0.1, 0.15) is 5.70 Å². The summed E-state index contributed by atoms with van der Waals surface area (Å²) in [6, 6.07) is 4.12. The standard InChI is InChI=1S/C11H11N3OS/c15-10-9(6-7-2-1-5-12-7)13-11(16)14(10)8-3-4-8/h1-2,5-6,8,12H,3-4H2,(H,13,16)/b9-6+. The van der Waals surface area contributed by atoms with E-state index in [0.29, 0.717) is 16.9 Å². The molecule has 2 aliphatic rings. The van der Waals surface area contributed by atoms with Crippen LogP contribution < -0.4 is 5.32 Å². The molecular formula is C11H11N3OS. The minimum absolute atomic E-state index is 0.0119. The molecule has 2 heterocycles. The SMILES string of the molecule is O=C1/C(=C\c2ccc[nH]2)NC(=S)N1C1CC1. The highest BCUT2D eigenvalue weighted by Gasteiger charge is 2.41. The Balaban J connectivity index is 1.88. The monoisotopic (exact) mass is 233 g/mol. The predicted octanol–water partition coefficient (Wildman–Crippen LogP) is 1.23. The first-order valence-corrected chi connectivity index (χ1v) is 5.66. The van der Waals surface area contributed by atoms with Crippen LogP contribution in [-0.2, 0) is 4.79 Å². The van der Waals surface area contributed by atoms with Crippen LogP contribution in [0.1, 0.15) is 18.5 Å². The lowest BCUT2D eigenvalue weighted by molar-refractivity contribution is -0.122. The van der Waals surface area contributed by atoms with E-state index in [2.05, 4.69) is 10.3 Å². The second-order valence-corrected chi connectivity index (χ2v) is 4.41. The fraction of sp³-hybridized carbons (Fsp3) is 0.273. The molecule has 1 aliphatic heterocycles. The Kier molecular flexibility index (Phi) is 2.07. The lowest BCUT2D eigenvalue weighted by atomic mass is 10.3. The number of nitrogens with zero attached hydrogens (tertiary/aromatic N) is 1. The highest BCUT2D eigenvalue weighted by molar-refractivity contribution is 7.80. The number of amides is 1. The topological polar surface area (TPSA) is 48.1 Å². The summed E-state index contributed by atoms with van der Waals surface area (Å²) in [4.78, 5) is 16.7. The molecule has 3 rings (SSSR count). The third kappa shape index (κ3) is 1.53. The zero-order valence-corrected chi connectivity index (χ0v) is 9.38. The van der Waals surface area contributed by atoms with Crippen LogP contribution in [0.25, 0.3) is 6.08 Å². The van der Waals surface area contributed by atoms with Crippen molar-refractivity contribution in [1.82, 2.24) is 15.2 Å². The van der Waals surface area contributed by atoms with Crippen LogP contribution >= 0.6 is 12.2 Å². The minimum Gasteiger partial charge on any atom is -0.362 e. The van der Waals surface area contributed by atoms with Gasteiger partial charge in [-0.05, 0) is 43.3 Å². The van der Waals surface area contributed by atoms with Gasteiger partial charge in [0, 0.05) is 17.9 Å². The van der Waals surface area contributed by atoms with Crippen molar-refractivity contribution < 1.29 is 4.79 Å². The van der Waals surface area contributed by atoms with Crippen LogP contribution in [0.15, 0.2) is 24.0 Å². The first-order valence-electron chi connectivity index (χ1n) is 5.25. The smallest absolute Gasteiger partial charge is 0.276 e. The summed E-state index contributed by atoms with van der Waals surface area (Å²) < 4.78 is 0. The molecule has 1 aromatic heterocycles. The molecule has 1 aliphatic carbocycles. The van der Waals surface area contributed by atoms with Crippen molar-refractivity contribution in [2.24, 2.45) is 0 Å². The average molecular weight is 233 g/mol. The number of aromatic amines is 1. The van der Waals surface area contributed by atoms with Gasteiger partial charge in [0.25, 0.3) is 5.91 Å². The Labute approximate surface area is 98.3 Å². The zero-order valence-electron chi connectivity index (χ0n) is 8.56. The Bertz CT molecular complexity index is 473. The molecule has 1 saturated heterocycles. The molecule has 5 heteroatoms. The van der Waals surface area contributed by atoms with Crippen LogP contribution in [-0.4, -0.2) is 26.9 Å². The molecule has 2 fully saturated rings. The van der Waals surface area contributed by atoms with Crippen molar-refractivity contribution in [1.29, 1.82) is 0 Å². The normalized spacial score (nSPS) is 23.0. The summed E-state index contributed by atoms with van der Waals surface area (Å²) in [5.41, 5.74) is 1.45. The first-order chi connectivity index (χ1) is 7.75. The molecule has 4 nitrogen and oxygen atoms in total. The Morgan fingerprint density at radius 1 is 1.50 bits per heavy atom. The molecule has 16 heavy (non-hydrogen) atoms. The van der Waals surface area contributed by atoms with Gasteiger partial charge >= 0.3 is 0 Å². The largest absolute Gasteiger partial charge is 0.362 e. The molecule has 0 spiro atoms. The van der Waals surface area contributed by atoms with E-state index in [1.54, 1.807) is 11.0 Å². The minimum atomic E-state index is -0.0119. The number of thiocarbonyl (C=S) groups is 1. The molecular weight excluding hydrogens is 222 g/mol. The summed E-state index contributed by atoms with van der Waals surface area (Å²) in [6.45, 7) is 0. The highest BCUT2D eigenvalue weighted by atomic mass is 32.1. The van der Waals surface area contributed by atoms with Gasteiger partial charge in [-0.25, -0.2) is 0 Å². The lowest BCUT2D eigenvalue weighted by Crippen LogP contribution is -2.32. The number of hydrogen-bond acceptors (Lipinski definition) is 2. The van der Waals surface area contributed by atoms with Crippen molar-refractivity contribution in [2.45, 2.75) is 18.9 Å². The maximum absolute atomic E-state index is 12.0. The third-order valence-electron chi connectivity index (χ3n) is 2.74. The summed E-state index contributed by atoms with van der Waals surface area (Å²) in [7, 11) is 0. The van der Waals surface area contributed by atoms with Crippen molar-refractivity contribution in [3.05, 3.63) is 29.7 Å². The van der Waals surface area contributed by atoms with E-state index in [-0.39, 0.29) is 5.91 Å². The molecule has 0 atom stereocenters.